The fraction of sp³-hybridized carbons (Fsp3) is 0.167. The Bertz CT molecular complexity index is 605. The maximum atomic E-state index is 13.7. The Labute approximate surface area is 105 Å². The Hall–Kier alpha value is -1.99. The van der Waals surface area contributed by atoms with Crippen LogP contribution in [0.4, 0.5) is 13.2 Å². The first-order valence-corrected chi connectivity index (χ1v) is 5.17. The molecule has 1 aliphatic rings. The second-order valence-electron chi connectivity index (χ2n) is 4.06. The van der Waals surface area contributed by atoms with Crippen molar-refractivity contribution >= 4 is 5.57 Å². The molecule has 1 aliphatic carbocycles. The number of aliphatic hydroxyl groups is 3. The van der Waals surface area contributed by atoms with Gasteiger partial charge < -0.3 is 20.4 Å². The zero-order valence-electron chi connectivity index (χ0n) is 9.36. The zero-order valence-corrected chi connectivity index (χ0v) is 9.36. The lowest BCUT2D eigenvalue weighted by atomic mass is 9.89. The van der Waals surface area contributed by atoms with Crippen molar-refractivity contribution in [2.75, 3.05) is 0 Å². The van der Waals surface area contributed by atoms with E-state index in [1.807, 2.05) is 0 Å². The van der Waals surface area contributed by atoms with Crippen LogP contribution in [0.3, 0.4) is 0 Å². The normalized spacial score (nSPS) is 17.9. The number of rotatable bonds is 1. The molecule has 0 aromatic heterocycles. The Morgan fingerprint density at radius 3 is 2.26 bits per heavy atom. The van der Waals surface area contributed by atoms with E-state index in [-0.39, 0.29) is 6.07 Å². The number of aliphatic hydroxyl groups excluding tert-OH is 1. The number of hydrogen-bond acceptors (Lipinski definition) is 4. The molecule has 0 unspecified atom stereocenters. The van der Waals surface area contributed by atoms with Gasteiger partial charge in [-0.25, -0.2) is 13.2 Å². The van der Waals surface area contributed by atoms with Crippen molar-refractivity contribution in [1.29, 1.82) is 0 Å². The highest BCUT2D eigenvalue weighted by Crippen LogP contribution is 2.40. The molecule has 0 bridgehead atoms. The summed E-state index contributed by atoms with van der Waals surface area (Å²) in [6.07, 6.45) is 1.80. The monoisotopic (exact) mass is 274 g/mol. The second kappa shape index (κ2) is 4.29. The first-order chi connectivity index (χ1) is 8.75. The van der Waals surface area contributed by atoms with E-state index >= 15 is 0 Å². The van der Waals surface area contributed by atoms with Gasteiger partial charge in [0.05, 0.1) is 11.1 Å². The molecule has 1 aromatic rings. The number of benzene rings is 1. The van der Waals surface area contributed by atoms with Crippen LogP contribution in [0.5, 0.6) is 5.75 Å². The molecule has 0 fully saturated rings. The van der Waals surface area contributed by atoms with Gasteiger partial charge >= 0.3 is 0 Å². The van der Waals surface area contributed by atoms with Gasteiger partial charge in [-0.1, -0.05) is 6.08 Å². The summed E-state index contributed by atoms with van der Waals surface area (Å²) in [6.45, 7) is 0. The minimum Gasteiger partial charge on any atom is -0.507 e. The van der Waals surface area contributed by atoms with E-state index in [9.17, 15) is 33.6 Å². The summed E-state index contributed by atoms with van der Waals surface area (Å²) in [6, 6.07) is 0.280. The lowest BCUT2D eigenvalue weighted by Gasteiger charge is -2.28. The maximum absolute atomic E-state index is 13.7. The van der Waals surface area contributed by atoms with Gasteiger partial charge in [-0.05, 0) is 6.08 Å². The van der Waals surface area contributed by atoms with Crippen LogP contribution < -0.4 is 0 Å². The number of hydrogen-bond donors (Lipinski definition) is 4. The third-order valence-electron chi connectivity index (χ3n) is 2.73. The van der Waals surface area contributed by atoms with Crippen molar-refractivity contribution in [2.24, 2.45) is 0 Å². The van der Waals surface area contributed by atoms with E-state index < -0.39 is 52.3 Å². The van der Waals surface area contributed by atoms with Crippen LogP contribution in [-0.2, 0) is 0 Å². The van der Waals surface area contributed by atoms with Crippen molar-refractivity contribution in [3.8, 4) is 5.75 Å². The molecule has 0 saturated carbocycles. The van der Waals surface area contributed by atoms with Gasteiger partial charge in [0.1, 0.15) is 11.5 Å². The lowest BCUT2D eigenvalue weighted by molar-refractivity contribution is -0.107. The van der Waals surface area contributed by atoms with Crippen LogP contribution in [0.15, 0.2) is 24.0 Å². The second-order valence-corrected chi connectivity index (χ2v) is 4.06. The van der Waals surface area contributed by atoms with Gasteiger partial charge in [0.2, 0.25) is 0 Å². The molecule has 2 rings (SSSR count). The average molecular weight is 274 g/mol. The Balaban J connectivity index is 2.78. The first-order valence-electron chi connectivity index (χ1n) is 5.17. The summed E-state index contributed by atoms with van der Waals surface area (Å²) in [5.41, 5.74) is -1.82. The maximum Gasteiger partial charge on any atom is 0.197 e. The van der Waals surface area contributed by atoms with E-state index in [0.29, 0.717) is 0 Å². The van der Waals surface area contributed by atoms with Crippen LogP contribution >= 0.6 is 0 Å². The molecule has 4 N–H and O–H groups in total. The molecule has 0 saturated heterocycles. The van der Waals surface area contributed by atoms with Crippen LogP contribution in [0.25, 0.3) is 5.57 Å². The summed E-state index contributed by atoms with van der Waals surface area (Å²) in [7, 11) is 0. The number of halogens is 3. The van der Waals surface area contributed by atoms with E-state index in [0.717, 1.165) is 6.08 Å². The van der Waals surface area contributed by atoms with E-state index in [4.69, 9.17) is 0 Å². The van der Waals surface area contributed by atoms with E-state index in [2.05, 4.69) is 0 Å². The summed E-state index contributed by atoms with van der Waals surface area (Å²) < 4.78 is 39.7. The fourth-order valence-corrected chi connectivity index (χ4v) is 1.87. The Morgan fingerprint density at radius 1 is 1.05 bits per heavy atom. The van der Waals surface area contributed by atoms with Crippen molar-refractivity contribution in [2.45, 2.75) is 12.2 Å². The molecular formula is C12H9F3O4. The zero-order chi connectivity index (χ0) is 14.4. The van der Waals surface area contributed by atoms with Gasteiger partial charge in [0, 0.05) is 12.5 Å². The van der Waals surface area contributed by atoms with Crippen molar-refractivity contribution in [1.82, 2.24) is 0 Å². The molecule has 4 nitrogen and oxygen atoms in total. The molecule has 0 aliphatic heterocycles. The average Bonchev–Trinajstić information content (AvgIpc) is 2.29. The smallest absolute Gasteiger partial charge is 0.197 e. The summed E-state index contributed by atoms with van der Waals surface area (Å²) in [4.78, 5) is 0. The quantitative estimate of drug-likeness (QED) is 0.464. The van der Waals surface area contributed by atoms with Gasteiger partial charge in [0.15, 0.2) is 23.2 Å². The van der Waals surface area contributed by atoms with Gasteiger partial charge in [0.25, 0.3) is 0 Å². The lowest BCUT2D eigenvalue weighted by Crippen LogP contribution is -2.32. The predicted octanol–water partition coefficient (Wildman–Crippen LogP) is 1.72. The molecule has 0 radical (unpaired) electrons. The third kappa shape index (κ3) is 2.06. The third-order valence-corrected chi connectivity index (χ3v) is 2.73. The number of aromatic hydroxyl groups is 1. The van der Waals surface area contributed by atoms with Gasteiger partial charge in [-0.3, -0.25) is 0 Å². The Morgan fingerprint density at radius 2 is 1.68 bits per heavy atom. The SMILES string of the molecule is OC1=C(c2c(O)cc(F)c(F)c2F)C(O)(O)CC=C1. The molecule has 0 atom stereocenters. The first kappa shape index (κ1) is 13.4. The standard InChI is InChI=1S/C12H9F3O4/c13-5-4-7(17)8(11(15)10(5)14)9-6(16)2-1-3-12(9,18)19/h1-2,4,16-19H,3H2. The van der Waals surface area contributed by atoms with Crippen LogP contribution in [0, 0.1) is 17.5 Å². The van der Waals surface area contributed by atoms with Crippen molar-refractivity contribution < 1.29 is 33.6 Å². The molecule has 0 amide bonds. The number of phenolic OH excluding ortho intramolecular Hbond substituents is 1. The van der Waals surface area contributed by atoms with E-state index in [1.54, 1.807) is 0 Å². The number of allylic oxidation sites excluding steroid dienone is 1. The van der Waals surface area contributed by atoms with Crippen LogP contribution in [-0.4, -0.2) is 26.2 Å². The molecule has 7 heteroatoms. The highest BCUT2D eigenvalue weighted by atomic mass is 19.2. The van der Waals surface area contributed by atoms with E-state index in [1.165, 1.54) is 6.08 Å². The summed E-state index contributed by atoms with van der Waals surface area (Å²) >= 11 is 0. The van der Waals surface area contributed by atoms with Gasteiger partial charge in [-0.2, -0.15) is 0 Å². The fourth-order valence-electron chi connectivity index (χ4n) is 1.87. The Kier molecular flexibility index (Phi) is 3.03. The van der Waals surface area contributed by atoms with Crippen LogP contribution in [0.1, 0.15) is 12.0 Å². The molecule has 0 heterocycles. The highest BCUT2D eigenvalue weighted by molar-refractivity contribution is 5.79. The molecule has 102 valence electrons. The van der Waals surface area contributed by atoms with Gasteiger partial charge in [-0.15, -0.1) is 0 Å². The summed E-state index contributed by atoms with van der Waals surface area (Å²) in [5.74, 6) is -9.87. The minimum absolute atomic E-state index is 0.280. The molecule has 1 aromatic carbocycles. The van der Waals surface area contributed by atoms with Crippen molar-refractivity contribution in [3.63, 3.8) is 0 Å². The minimum atomic E-state index is -2.71. The molecular weight excluding hydrogens is 265 g/mol. The highest BCUT2D eigenvalue weighted by Gasteiger charge is 2.38. The number of phenols is 1. The topological polar surface area (TPSA) is 80.9 Å². The molecule has 19 heavy (non-hydrogen) atoms. The van der Waals surface area contributed by atoms with Crippen LogP contribution in [0.2, 0.25) is 0 Å². The molecule has 0 spiro atoms. The van der Waals surface area contributed by atoms with Crippen molar-refractivity contribution in [3.05, 3.63) is 47.0 Å². The summed E-state index contributed by atoms with van der Waals surface area (Å²) in [5, 5.41) is 38.3. The largest absolute Gasteiger partial charge is 0.507 e. The predicted molar refractivity (Wildman–Crippen MR) is 58.5 cm³/mol.